The molecule has 1 aliphatic heterocycles. The van der Waals surface area contributed by atoms with Gasteiger partial charge in [0, 0.05) is 31.2 Å². The number of fused-ring (bicyclic) bond motifs is 1. The zero-order valence-electron chi connectivity index (χ0n) is 22.4. The lowest BCUT2D eigenvalue weighted by Gasteiger charge is -2.25. The fourth-order valence-electron chi connectivity index (χ4n) is 5.83. The molecule has 2 amide bonds. The second kappa shape index (κ2) is 13.3. The third kappa shape index (κ3) is 7.81. The number of aryl methyl sites for hydroxylation is 2. The summed E-state index contributed by atoms with van der Waals surface area (Å²) >= 11 is 0. The van der Waals surface area contributed by atoms with Crippen molar-refractivity contribution >= 4 is 23.7 Å². The molecule has 0 spiro atoms. The molecule has 2 aliphatic rings. The minimum absolute atomic E-state index is 0.0800. The van der Waals surface area contributed by atoms with E-state index in [9.17, 15) is 19.5 Å². The number of carbonyl (C=O) groups is 3. The summed E-state index contributed by atoms with van der Waals surface area (Å²) in [7, 11) is 0. The van der Waals surface area contributed by atoms with Gasteiger partial charge in [0.2, 0.25) is 5.91 Å². The summed E-state index contributed by atoms with van der Waals surface area (Å²) in [4.78, 5) is 43.2. The van der Waals surface area contributed by atoms with Crippen LogP contribution in [0.1, 0.15) is 59.2 Å². The molecule has 6 N–H and O–H groups in total. The Hall–Kier alpha value is -3.88. The topological polar surface area (TPSA) is 151 Å². The first-order chi connectivity index (χ1) is 18.8. The zero-order chi connectivity index (χ0) is 27.8. The minimum Gasteiger partial charge on any atom is -0.481 e. The van der Waals surface area contributed by atoms with Crippen LogP contribution in [-0.2, 0) is 28.9 Å². The van der Waals surface area contributed by atoms with Crippen LogP contribution < -0.4 is 16.8 Å². The van der Waals surface area contributed by atoms with E-state index in [1.165, 1.54) is 16.7 Å². The lowest BCUT2D eigenvalue weighted by molar-refractivity contribution is -0.142. The first-order valence-corrected chi connectivity index (χ1v) is 13.8. The van der Waals surface area contributed by atoms with Crippen molar-refractivity contribution in [3.63, 3.8) is 0 Å². The number of nitrogens with two attached hydrogens (primary N) is 2. The first-order valence-electron chi connectivity index (χ1n) is 13.8. The van der Waals surface area contributed by atoms with Crippen molar-refractivity contribution < 1.29 is 19.5 Å². The van der Waals surface area contributed by atoms with E-state index in [1.54, 1.807) is 0 Å². The Morgan fingerprint density at radius 3 is 2.64 bits per heavy atom. The van der Waals surface area contributed by atoms with Gasteiger partial charge in [-0.15, -0.1) is 0 Å². The van der Waals surface area contributed by atoms with Crippen molar-refractivity contribution in [3.05, 3.63) is 70.8 Å². The number of carboxylic acid groups (broad SMARTS) is 1. The average Bonchev–Trinajstić information content (AvgIpc) is 3.20. The molecule has 4 rings (SSSR count). The SMILES string of the molecule is NC(N)=NCC1CCc2cc(C(=O)NCC[C@@H]3C[C@@H](CC(=O)O)C(=O)N3CCCc3ccccc3)ccc2C1. The van der Waals surface area contributed by atoms with Crippen LogP contribution in [0.15, 0.2) is 53.5 Å². The molecule has 2 aromatic carbocycles. The summed E-state index contributed by atoms with van der Waals surface area (Å²) in [5, 5.41) is 12.3. The van der Waals surface area contributed by atoms with Crippen molar-refractivity contribution in [2.24, 2.45) is 28.3 Å². The Morgan fingerprint density at radius 2 is 1.90 bits per heavy atom. The van der Waals surface area contributed by atoms with Crippen LogP contribution in [0.3, 0.4) is 0 Å². The van der Waals surface area contributed by atoms with Crippen molar-refractivity contribution in [2.75, 3.05) is 19.6 Å². The Balaban J connectivity index is 1.30. The maximum Gasteiger partial charge on any atom is 0.304 e. The summed E-state index contributed by atoms with van der Waals surface area (Å²) in [5.41, 5.74) is 15.2. The summed E-state index contributed by atoms with van der Waals surface area (Å²) < 4.78 is 0. The molecule has 208 valence electrons. The number of carbonyl (C=O) groups excluding carboxylic acids is 2. The van der Waals surface area contributed by atoms with Crippen LogP contribution in [0.5, 0.6) is 0 Å². The van der Waals surface area contributed by atoms with Gasteiger partial charge in [0.25, 0.3) is 5.91 Å². The van der Waals surface area contributed by atoms with Crippen LogP contribution >= 0.6 is 0 Å². The third-order valence-corrected chi connectivity index (χ3v) is 7.85. The predicted molar refractivity (Wildman–Crippen MR) is 150 cm³/mol. The highest BCUT2D eigenvalue weighted by molar-refractivity contribution is 5.94. The van der Waals surface area contributed by atoms with Crippen LogP contribution in [0.25, 0.3) is 0 Å². The lowest BCUT2D eigenvalue weighted by Crippen LogP contribution is -2.37. The summed E-state index contributed by atoms with van der Waals surface area (Å²) in [6.45, 7) is 1.62. The molecule has 1 saturated heterocycles. The van der Waals surface area contributed by atoms with Gasteiger partial charge in [-0.05, 0) is 79.7 Å². The summed E-state index contributed by atoms with van der Waals surface area (Å²) in [6.07, 6.45) is 5.35. The number of hydrogen-bond donors (Lipinski definition) is 4. The van der Waals surface area contributed by atoms with E-state index in [1.807, 2.05) is 41.3 Å². The number of rotatable bonds is 12. The van der Waals surface area contributed by atoms with Crippen molar-refractivity contribution in [2.45, 2.75) is 57.4 Å². The van der Waals surface area contributed by atoms with Gasteiger partial charge in [-0.1, -0.05) is 36.4 Å². The molecule has 1 fully saturated rings. The predicted octanol–water partition coefficient (Wildman–Crippen LogP) is 2.51. The molecule has 1 aliphatic carbocycles. The van der Waals surface area contributed by atoms with E-state index in [0.717, 1.165) is 32.1 Å². The van der Waals surface area contributed by atoms with E-state index in [-0.39, 0.29) is 30.2 Å². The Bertz CT molecular complexity index is 1200. The van der Waals surface area contributed by atoms with Gasteiger partial charge < -0.3 is 26.8 Å². The highest BCUT2D eigenvalue weighted by atomic mass is 16.4. The molecule has 0 radical (unpaired) electrons. The number of aliphatic imine (C=N–C) groups is 1. The van der Waals surface area contributed by atoms with E-state index >= 15 is 0 Å². The third-order valence-electron chi connectivity index (χ3n) is 7.85. The van der Waals surface area contributed by atoms with Gasteiger partial charge >= 0.3 is 5.97 Å². The molecule has 0 aromatic heterocycles. The van der Waals surface area contributed by atoms with Crippen molar-refractivity contribution in [1.29, 1.82) is 0 Å². The minimum atomic E-state index is -0.957. The van der Waals surface area contributed by atoms with E-state index in [0.29, 0.717) is 44.0 Å². The largest absolute Gasteiger partial charge is 0.481 e. The fraction of sp³-hybridized carbons (Fsp3) is 0.467. The van der Waals surface area contributed by atoms with E-state index in [2.05, 4.69) is 22.4 Å². The van der Waals surface area contributed by atoms with Gasteiger partial charge in [-0.25, -0.2) is 0 Å². The van der Waals surface area contributed by atoms with Crippen LogP contribution in [0.2, 0.25) is 0 Å². The first kappa shape index (κ1) is 28.1. The number of guanidine groups is 1. The molecule has 1 unspecified atom stereocenters. The Kier molecular flexibility index (Phi) is 9.57. The normalized spacial score (nSPS) is 20.4. The monoisotopic (exact) mass is 533 g/mol. The highest BCUT2D eigenvalue weighted by Crippen LogP contribution is 2.30. The second-order valence-corrected chi connectivity index (χ2v) is 10.7. The van der Waals surface area contributed by atoms with Crippen LogP contribution in [0, 0.1) is 11.8 Å². The maximum absolute atomic E-state index is 13.0. The Morgan fingerprint density at radius 1 is 1.10 bits per heavy atom. The second-order valence-electron chi connectivity index (χ2n) is 10.7. The maximum atomic E-state index is 13.0. The fourth-order valence-corrected chi connectivity index (χ4v) is 5.83. The van der Waals surface area contributed by atoms with Crippen molar-refractivity contribution in [1.82, 2.24) is 10.2 Å². The molecule has 9 nitrogen and oxygen atoms in total. The van der Waals surface area contributed by atoms with Gasteiger partial charge in [0.05, 0.1) is 12.3 Å². The molecule has 3 atom stereocenters. The molecular formula is C30H39N5O4. The van der Waals surface area contributed by atoms with E-state index in [4.69, 9.17) is 11.5 Å². The molecule has 39 heavy (non-hydrogen) atoms. The molecule has 1 heterocycles. The number of nitrogens with one attached hydrogen (secondary N) is 1. The van der Waals surface area contributed by atoms with Gasteiger partial charge in [-0.3, -0.25) is 19.4 Å². The summed E-state index contributed by atoms with van der Waals surface area (Å²) in [6, 6.07) is 15.9. The van der Waals surface area contributed by atoms with Gasteiger partial charge in [0.15, 0.2) is 5.96 Å². The lowest BCUT2D eigenvalue weighted by atomic mass is 9.83. The molecular weight excluding hydrogens is 494 g/mol. The van der Waals surface area contributed by atoms with Crippen LogP contribution in [-0.4, -0.2) is 59.4 Å². The number of nitrogens with zero attached hydrogens (tertiary/aromatic N) is 2. The van der Waals surface area contributed by atoms with E-state index < -0.39 is 11.9 Å². The number of amides is 2. The Labute approximate surface area is 229 Å². The van der Waals surface area contributed by atoms with Gasteiger partial charge in [0.1, 0.15) is 0 Å². The smallest absolute Gasteiger partial charge is 0.304 e. The number of hydrogen-bond acceptors (Lipinski definition) is 4. The summed E-state index contributed by atoms with van der Waals surface area (Å²) in [5.74, 6) is -1.17. The molecule has 9 heteroatoms. The number of benzene rings is 2. The number of aliphatic carboxylic acids is 1. The van der Waals surface area contributed by atoms with Gasteiger partial charge in [-0.2, -0.15) is 0 Å². The molecule has 0 saturated carbocycles. The van der Waals surface area contributed by atoms with Crippen molar-refractivity contribution in [3.8, 4) is 0 Å². The standard InChI is InChI=1S/C30H39N5O4/c31-30(32)34-19-21-8-9-23-16-24(11-10-22(23)15-21)28(38)33-13-12-26-17-25(18-27(36)37)29(39)35(26)14-4-7-20-5-2-1-3-6-20/h1-3,5-6,10-11,16,21,25-26H,4,7-9,12-15,17-19H2,(H,33,38)(H,36,37)(H4,31,32,34)/t21?,25-,26+/m0/s1. The quantitative estimate of drug-likeness (QED) is 0.243. The molecule has 0 bridgehead atoms. The van der Waals surface area contributed by atoms with Crippen LogP contribution in [0.4, 0.5) is 0 Å². The highest BCUT2D eigenvalue weighted by Gasteiger charge is 2.39. The molecule has 2 aromatic rings. The number of carboxylic acids is 1. The average molecular weight is 534 g/mol. The zero-order valence-corrected chi connectivity index (χ0v) is 22.4. The number of likely N-dealkylation sites (tertiary alicyclic amines) is 1.